The fourth-order valence-electron chi connectivity index (χ4n) is 2.58. The number of benzene rings is 2. The van der Waals surface area contributed by atoms with Gasteiger partial charge in [-0.2, -0.15) is 0 Å². The van der Waals surface area contributed by atoms with E-state index in [0.29, 0.717) is 6.04 Å². The van der Waals surface area contributed by atoms with Crippen LogP contribution < -0.4 is 5.32 Å². The Labute approximate surface area is 108 Å². The molecule has 1 aliphatic carbocycles. The van der Waals surface area contributed by atoms with E-state index < -0.39 is 0 Å². The molecule has 2 aromatic carbocycles. The van der Waals surface area contributed by atoms with E-state index in [9.17, 15) is 0 Å². The molecule has 1 nitrogen and oxygen atoms in total. The van der Waals surface area contributed by atoms with Crippen molar-refractivity contribution in [2.75, 3.05) is 5.32 Å². The van der Waals surface area contributed by atoms with Gasteiger partial charge >= 0.3 is 0 Å². The van der Waals surface area contributed by atoms with Gasteiger partial charge in [0, 0.05) is 5.69 Å². The topological polar surface area (TPSA) is 12.0 Å². The van der Waals surface area contributed by atoms with Gasteiger partial charge in [-0.3, -0.25) is 0 Å². The van der Waals surface area contributed by atoms with Gasteiger partial charge in [-0.15, -0.1) is 0 Å². The first-order chi connectivity index (χ1) is 8.88. The van der Waals surface area contributed by atoms with Crippen molar-refractivity contribution in [3.8, 4) is 0 Å². The van der Waals surface area contributed by atoms with Crippen molar-refractivity contribution < 1.29 is 0 Å². The van der Waals surface area contributed by atoms with Crippen LogP contribution in [0, 0.1) is 0 Å². The third-order valence-corrected chi connectivity index (χ3v) is 3.49. The summed E-state index contributed by atoms with van der Waals surface area (Å²) in [5, 5.41) is 3.58. The molecule has 1 N–H and O–H groups in total. The van der Waals surface area contributed by atoms with Gasteiger partial charge in [0.05, 0.1) is 6.04 Å². The van der Waals surface area contributed by atoms with Crippen LogP contribution in [-0.2, 0) is 0 Å². The van der Waals surface area contributed by atoms with Crippen molar-refractivity contribution in [3.63, 3.8) is 0 Å². The number of anilines is 1. The summed E-state index contributed by atoms with van der Waals surface area (Å²) < 4.78 is 0. The van der Waals surface area contributed by atoms with Crippen molar-refractivity contribution in [1.82, 2.24) is 0 Å². The predicted octanol–water partition coefficient (Wildman–Crippen LogP) is 4.65. The van der Waals surface area contributed by atoms with E-state index in [1.165, 1.54) is 22.4 Å². The second kappa shape index (κ2) is 4.69. The number of rotatable bonds is 3. The highest BCUT2D eigenvalue weighted by Gasteiger charge is 2.21. The number of hydrogen-bond donors (Lipinski definition) is 1. The van der Waals surface area contributed by atoms with E-state index in [0.717, 1.165) is 6.42 Å². The van der Waals surface area contributed by atoms with Crippen LogP contribution in [-0.4, -0.2) is 0 Å². The van der Waals surface area contributed by atoms with Crippen LogP contribution in [0.1, 0.15) is 30.5 Å². The number of allylic oxidation sites excluding steroid dienone is 1. The summed E-state index contributed by atoms with van der Waals surface area (Å²) >= 11 is 0. The summed E-state index contributed by atoms with van der Waals surface area (Å²) in [6.45, 7) is 2.22. The third-order valence-electron chi connectivity index (χ3n) is 3.49. The van der Waals surface area contributed by atoms with Crippen molar-refractivity contribution in [1.29, 1.82) is 0 Å². The van der Waals surface area contributed by atoms with Gasteiger partial charge in [0.2, 0.25) is 0 Å². The van der Waals surface area contributed by atoms with Gasteiger partial charge in [-0.05, 0) is 35.3 Å². The Morgan fingerprint density at radius 1 is 0.944 bits per heavy atom. The fraction of sp³-hybridized carbons (Fsp3) is 0.176. The normalized spacial score (nSPS) is 17.2. The van der Waals surface area contributed by atoms with Crippen LogP contribution in [0.2, 0.25) is 0 Å². The Kier molecular flexibility index (Phi) is 2.89. The standard InChI is InChI=1S/C17H17N/c1-2-13-12-17(16-11-7-6-10-15(13)16)18-14-8-4-3-5-9-14/h3-12,17-18H,2H2,1H3. The number of hydrogen-bond acceptors (Lipinski definition) is 1. The Morgan fingerprint density at radius 2 is 1.67 bits per heavy atom. The molecule has 0 amide bonds. The largest absolute Gasteiger partial charge is 0.375 e. The van der Waals surface area contributed by atoms with Gasteiger partial charge < -0.3 is 5.32 Å². The Bertz CT molecular complexity index is 569. The lowest BCUT2D eigenvalue weighted by Gasteiger charge is -2.14. The second-order valence-electron chi connectivity index (χ2n) is 4.62. The maximum absolute atomic E-state index is 3.58. The highest BCUT2D eigenvalue weighted by atomic mass is 14.9. The molecule has 18 heavy (non-hydrogen) atoms. The molecule has 2 aromatic rings. The van der Waals surface area contributed by atoms with E-state index in [-0.39, 0.29) is 0 Å². The van der Waals surface area contributed by atoms with Gasteiger partial charge in [0.1, 0.15) is 0 Å². The molecule has 0 saturated carbocycles. The molecular formula is C17H17N. The van der Waals surface area contributed by atoms with Crippen LogP contribution in [0.4, 0.5) is 5.69 Å². The predicted molar refractivity (Wildman–Crippen MR) is 77.5 cm³/mol. The van der Waals surface area contributed by atoms with Crippen LogP contribution >= 0.6 is 0 Å². The summed E-state index contributed by atoms with van der Waals surface area (Å²) in [6, 6.07) is 19.4. The van der Waals surface area contributed by atoms with Crippen molar-refractivity contribution >= 4 is 11.3 Å². The summed E-state index contributed by atoms with van der Waals surface area (Å²) in [5.74, 6) is 0. The lowest BCUT2D eigenvalue weighted by Crippen LogP contribution is -2.05. The molecule has 0 fully saturated rings. The first-order valence-electron chi connectivity index (χ1n) is 6.50. The van der Waals surface area contributed by atoms with Crippen LogP contribution in [0.5, 0.6) is 0 Å². The highest BCUT2D eigenvalue weighted by molar-refractivity contribution is 5.75. The Hall–Kier alpha value is -2.02. The molecule has 1 heteroatoms. The van der Waals surface area contributed by atoms with E-state index in [1.54, 1.807) is 0 Å². The van der Waals surface area contributed by atoms with Gasteiger partial charge in [-0.25, -0.2) is 0 Å². The van der Waals surface area contributed by atoms with Crippen molar-refractivity contribution in [3.05, 3.63) is 71.8 Å². The lowest BCUT2D eigenvalue weighted by molar-refractivity contribution is 1.01. The molecule has 0 bridgehead atoms. The van der Waals surface area contributed by atoms with E-state index in [4.69, 9.17) is 0 Å². The number of fused-ring (bicyclic) bond motifs is 1. The summed E-state index contributed by atoms with van der Waals surface area (Å²) in [4.78, 5) is 0. The maximum Gasteiger partial charge on any atom is 0.0709 e. The van der Waals surface area contributed by atoms with E-state index in [1.807, 2.05) is 6.07 Å². The van der Waals surface area contributed by atoms with E-state index >= 15 is 0 Å². The molecular weight excluding hydrogens is 218 g/mol. The molecule has 0 heterocycles. The van der Waals surface area contributed by atoms with Gasteiger partial charge in [-0.1, -0.05) is 55.5 Å². The molecule has 0 aliphatic heterocycles. The van der Waals surface area contributed by atoms with Gasteiger partial charge in [0.15, 0.2) is 0 Å². The van der Waals surface area contributed by atoms with Crippen LogP contribution in [0.15, 0.2) is 60.7 Å². The molecule has 1 atom stereocenters. The SMILES string of the molecule is CCC1=CC(Nc2ccccc2)c2ccccc21. The second-order valence-corrected chi connectivity index (χ2v) is 4.62. The molecule has 0 aromatic heterocycles. The zero-order valence-corrected chi connectivity index (χ0v) is 10.6. The quantitative estimate of drug-likeness (QED) is 0.816. The first-order valence-corrected chi connectivity index (χ1v) is 6.50. The minimum Gasteiger partial charge on any atom is -0.375 e. The average molecular weight is 235 g/mol. The van der Waals surface area contributed by atoms with Crippen LogP contribution in [0.25, 0.3) is 5.57 Å². The van der Waals surface area contributed by atoms with E-state index in [2.05, 4.69) is 66.8 Å². The highest BCUT2D eigenvalue weighted by Crippen LogP contribution is 2.37. The van der Waals surface area contributed by atoms with Crippen molar-refractivity contribution in [2.45, 2.75) is 19.4 Å². The number of nitrogens with one attached hydrogen (secondary N) is 1. The number of para-hydroxylation sites is 1. The smallest absolute Gasteiger partial charge is 0.0709 e. The molecule has 0 spiro atoms. The zero-order chi connectivity index (χ0) is 12.4. The van der Waals surface area contributed by atoms with Gasteiger partial charge in [0.25, 0.3) is 0 Å². The molecule has 1 unspecified atom stereocenters. The third kappa shape index (κ3) is 1.92. The minimum atomic E-state index is 0.304. The molecule has 0 saturated heterocycles. The molecule has 90 valence electrons. The molecule has 1 aliphatic rings. The monoisotopic (exact) mass is 235 g/mol. The van der Waals surface area contributed by atoms with Crippen molar-refractivity contribution in [2.24, 2.45) is 0 Å². The minimum absolute atomic E-state index is 0.304. The Morgan fingerprint density at radius 3 is 2.44 bits per heavy atom. The van der Waals surface area contributed by atoms with Crippen LogP contribution in [0.3, 0.4) is 0 Å². The summed E-state index contributed by atoms with van der Waals surface area (Å²) in [7, 11) is 0. The summed E-state index contributed by atoms with van der Waals surface area (Å²) in [6.07, 6.45) is 3.43. The first kappa shape index (κ1) is 11.1. The lowest BCUT2D eigenvalue weighted by atomic mass is 10.0. The Balaban J connectivity index is 1.93. The molecule has 0 radical (unpaired) electrons. The maximum atomic E-state index is 3.58. The summed E-state index contributed by atoms with van der Waals surface area (Å²) in [5.41, 5.74) is 5.40. The molecule has 3 rings (SSSR count). The fourth-order valence-corrected chi connectivity index (χ4v) is 2.58. The zero-order valence-electron chi connectivity index (χ0n) is 10.6. The average Bonchev–Trinajstić information content (AvgIpc) is 2.78.